The van der Waals surface area contributed by atoms with Crippen LogP contribution in [0, 0.1) is 12.7 Å². The molecular formula is C10H11FO. The predicted octanol–water partition coefficient (Wildman–Crippen LogP) is 2.46. The second kappa shape index (κ2) is 2.77. The average molecular weight is 166 g/mol. The van der Waals surface area contributed by atoms with Crippen molar-refractivity contribution in [3.8, 4) is 5.75 Å². The van der Waals surface area contributed by atoms with Crippen molar-refractivity contribution >= 4 is 0 Å². The number of benzene rings is 1. The Labute approximate surface area is 71.2 Å². The smallest absolute Gasteiger partial charge is 0.168 e. The number of hydrogen-bond acceptors (Lipinski definition) is 1. The van der Waals surface area contributed by atoms with Gasteiger partial charge in [-0.2, -0.15) is 0 Å². The summed E-state index contributed by atoms with van der Waals surface area (Å²) < 4.78 is 18.6. The summed E-state index contributed by atoms with van der Waals surface area (Å²) in [5, 5.41) is 0. The van der Waals surface area contributed by atoms with E-state index < -0.39 is 0 Å². The number of fused-ring (bicyclic) bond motifs is 1. The third kappa shape index (κ3) is 1.07. The van der Waals surface area contributed by atoms with Crippen LogP contribution in [-0.2, 0) is 6.42 Å². The number of rotatable bonds is 0. The van der Waals surface area contributed by atoms with Gasteiger partial charge in [0.1, 0.15) is 0 Å². The molecule has 0 N–H and O–H groups in total. The van der Waals surface area contributed by atoms with Crippen LogP contribution in [0.15, 0.2) is 12.1 Å². The first-order chi connectivity index (χ1) is 5.79. The molecule has 2 rings (SSSR count). The standard InChI is InChI=1S/C10H11FO/c1-7-4-5-8-3-2-6-12-10(8)9(7)11/h4-5H,2-3,6H2,1H3. The number of hydrogen-bond donors (Lipinski definition) is 0. The number of aryl methyl sites for hydroxylation is 2. The minimum absolute atomic E-state index is 0.188. The van der Waals surface area contributed by atoms with Crippen LogP contribution < -0.4 is 4.74 Å². The zero-order valence-corrected chi connectivity index (χ0v) is 7.06. The van der Waals surface area contributed by atoms with E-state index in [0.717, 1.165) is 18.4 Å². The van der Waals surface area contributed by atoms with Gasteiger partial charge in [-0.3, -0.25) is 0 Å². The molecule has 0 atom stereocenters. The molecule has 64 valence electrons. The van der Waals surface area contributed by atoms with E-state index in [4.69, 9.17) is 4.74 Å². The third-order valence-corrected chi connectivity index (χ3v) is 2.21. The molecule has 1 heterocycles. The highest BCUT2D eigenvalue weighted by Crippen LogP contribution is 2.29. The minimum atomic E-state index is -0.188. The van der Waals surface area contributed by atoms with E-state index in [0.29, 0.717) is 17.9 Å². The van der Waals surface area contributed by atoms with Gasteiger partial charge in [0.25, 0.3) is 0 Å². The summed E-state index contributed by atoms with van der Waals surface area (Å²) in [5.74, 6) is 0.286. The fraction of sp³-hybridized carbons (Fsp3) is 0.400. The number of ether oxygens (including phenoxy) is 1. The molecule has 0 unspecified atom stereocenters. The first-order valence-corrected chi connectivity index (χ1v) is 4.20. The maximum absolute atomic E-state index is 13.4. The molecule has 0 saturated carbocycles. The van der Waals surface area contributed by atoms with E-state index in [1.165, 1.54) is 0 Å². The van der Waals surface area contributed by atoms with Crippen molar-refractivity contribution in [3.63, 3.8) is 0 Å². The minimum Gasteiger partial charge on any atom is -0.490 e. The van der Waals surface area contributed by atoms with Gasteiger partial charge in [0.05, 0.1) is 6.61 Å². The fourth-order valence-electron chi connectivity index (χ4n) is 1.48. The van der Waals surface area contributed by atoms with E-state index in [1.54, 1.807) is 6.92 Å². The molecule has 12 heavy (non-hydrogen) atoms. The van der Waals surface area contributed by atoms with Gasteiger partial charge in [0, 0.05) is 0 Å². The van der Waals surface area contributed by atoms with Crippen molar-refractivity contribution < 1.29 is 9.13 Å². The van der Waals surface area contributed by atoms with Gasteiger partial charge in [-0.25, -0.2) is 4.39 Å². The molecule has 0 spiro atoms. The highest BCUT2D eigenvalue weighted by Gasteiger charge is 2.15. The normalized spacial score (nSPS) is 15.2. The molecule has 1 aromatic rings. The van der Waals surface area contributed by atoms with Crippen LogP contribution in [0.25, 0.3) is 0 Å². The number of halogens is 1. The van der Waals surface area contributed by atoms with Crippen molar-refractivity contribution in [3.05, 3.63) is 29.1 Å². The lowest BCUT2D eigenvalue weighted by Gasteiger charge is -2.18. The van der Waals surface area contributed by atoms with Crippen molar-refractivity contribution in [2.24, 2.45) is 0 Å². The molecular weight excluding hydrogens is 155 g/mol. The van der Waals surface area contributed by atoms with E-state index in [9.17, 15) is 4.39 Å². The second-order valence-electron chi connectivity index (χ2n) is 3.14. The van der Waals surface area contributed by atoms with Gasteiger partial charge in [-0.1, -0.05) is 12.1 Å². The van der Waals surface area contributed by atoms with Crippen LogP contribution in [0.4, 0.5) is 4.39 Å². The monoisotopic (exact) mass is 166 g/mol. The van der Waals surface area contributed by atoms with Crippen LogP contribution in [0.3, 0.4) is 0 Å². The molecule has 0 bridgehead atoms. The van der Waals surface area contributed by atoms with Gasteiger partial charge in [0.2, 0.25) is 0 Å². The van der Waals surface area contributed by atoms with Gasteiger partial charge < -0.3 is 4.74 Å². The van der Waals surface area contributed by atoms with E-state index in [1.807, 2.05) is 12.1 Å². The van der Waals surface area contributed by atoms with Crippen LogP contribution in [0.5, 0.6) is 5.75 Å². The van der Waals surface area contributed by atoms with Crippen LogP contribution in [0.1, 0.15) is 17.5 Å². The topological polar surface area (TPSA) is 9.23 Å². The van der Waals surface area contributed by atoms with Gasteiger partial charge in [0.15, 0.2) is 11.6 Å². The molecule has 1 nitrogen and oxygen atoms in total. The van der Waals surface area contributed by atoms with Crippen LogP contribution in [0.2, 0.25) is 0 Å². The molecule has 0 aromatic heterocycles. The van der Waals surface area contributed by atoms with Crippen LogP contribution in [-0.4, -0.2) is 6.61 Å². The first-order valence-electron chi connectivity index (χ1n) is 4.20. The SMILES string of the molecule is Cc1ccc2c(c1F)OCCC2. The Morgan fingerprint density at radius 3 is 3.08 bits per heavy atom. The first kappa shape index (κ1) is 7.59. The van der Waals surface area contributed by atoms with Gasteiger partial charge in [-0.05, 0) is 30.9 Å². The summed E-state index contributed by atoms with van der Waals surface area (Å²) in [4.78, 5) is 0. The van der Waals surface area contributed by atoms with Crippen LogP contribution >= 0.6 is 0 Å². The summed E-state index contributed by atoms with van der Waals surface area (Å²) in [6, 6.07) is 3.76. The fourth-order valence-corrected chi connectivity index (χ4v) is 1.48. The van der Waals surface area contributed by atoms with Gasteiger partial charge in [-0.15, -0.1) is 0 Å². The summed E-state index contributed by atoms with van der Waals surface area (Å²) in [6.07, 6.45) is 1.93. The highest BCUT2D eigenvalue weighted by molar-refractivity contribution is 5.40. The van der Waals surface area contributed by atoms with Crippen molar-refractivity contribution in [1.82, 2.24) is 0 Å². The quantitative estimate of drug-likeness (QED) is 0.575. The lowest BCUT2D eigenvalue weighted by atomic mass is 10.0. The lowest BCUT2D eigenvalue weighted by Crippen LogP contribution is -2.10. The molecule has 0 radical (unpaired) electrons. The maximum Gasteiger partial charge on any atom is 0.168 e. The van der Waals surface area contributed by atoms with Crippen molar-refractivity contribution in [1.29, 1.82) is 0 Å². The zero-order valence-electron chi connectivity index (χ0n) is 7.06. The Morgan fingerprint density at radius 2 is 2.25 bits per heavy atom. The van der Waals surface area contributed by atoms with Crippen molar-refractivity contribution in [2.75, 3.05) is 6.61 Å². The zero-order chi connectivity index (χ0) is 8.55. The van der Waals surface area contributed by atoms with E-state index in [2.05, 4.69) is 0 Å². The largest absolute Gasteiger partial charge is 0.490 e. The van der Waals surface area contributed by atoms with Gasteiger partial charge >= 0.3 is 0 Å². The molecule has 0 aliphatic carbocycles. The molecule has 2 heteroatoms. The lowest BCUT2D eigenvalue weighted by molar-refractivity contribution is 0.272. The van der Waals surface area contributed by atoms with E-state index >= 15 is 0 Å². The molecule has 1 aliphatic rings. The average Bonchev–Trinajstić information content (AvgIpc) is 2.12. The Bertz CT molecular complexity index is 307. The van der Waals surface area contributed by atoms with E-state index in [-0.39, 0.29) is 5.82 Å². The highest BCUT2D eigenvalue weighted by atomic mass is 19.1. The molecule has 1 aromatic carbocycles. The molecule has 0 amide bonds. The summed E-state index contributed by atoms with van der Waals surface area (Å²) in [5.41, 5.74) is 1.67. The second-order valence-corrected chi connectivity index (χ2v) is 3.14. The van der Waals surface area contributed by atoms with Crippen molar-refractivity contribution in [2.45, 2.75) is 19.8 Å². The Balaban J connectivity index is 2.54. The third-order valence-electron chi connectivity index (χ3n) is 2.21. The Kier molecular flexibility index (Phi) is 1.75. The summed E-state index contributed by atoms with van der Waals surface area (Å²) in [7, 11) is 0. The predicted molar refractivity (Wildman–Crippen MR) is 45.0 cm³/mol. The Hall–Kier alpha value is -1.05. The summed E-state index contributed by atoms with van der Waals surface area (Å²) >= 11 is 0. The summed E-state index contributed by atoms with van der Waals surface area (Å²) in [6.45, 7) is 2.40. The maximum atomic E-state index is 13.4. The molecule has 0 saturated heterocycles. The Morgan fingerprint density at radius 1 is 1.42 bits per heavy atom. The molecule has 1 aliphatic heterocycles. The molecule has 0 fully saturated rings.